The van der Waals surface area contributed by atoms with Crippen LogP contribution in [0, 0.1) is 5.92 Å². The Morgan fingerprint density at radius 2 is 1.60 bits per heavy atom. The van der Waals surface area contributed by atoms with Crippen LogP contribution in [0.15, 0.2) is 0 Å². The van der Waals surface area contributed by atoms with E-state index in [1.54, 1.807) is 7.11 Å². The van der Waals surface area contributed by atoms with Crippen molar-refractivity contribution < 1.29 is 9.53 Å². The van der Waals surface area contributed by atoms with Crippen molar-refractivity contribution in [1.29, 1.82) is 0 Å². The van der Waals surface area contributed by atoms with E-state index in [1.165, 1.54) is 38.5 Å². The Morgan fingerprint density at radius 1 is 1.05 bits per heavy atom. The van der Waals surface area contributed by atoms with E-state index in [9.17, 15) is 4.79 Å². The lowest BCUT2D eigenvalue weighted by Crippen LogP contribution is -2.43. The van der Waals surface area contributed by atoms with Crippen LogP contribution < -0.4 is 0 Å². The Morgan fingerprint density at radius 3 is 2.15 bits per heavy atom. The Kier molecular flexibility index (Phi) is 8.44. The molecule has 20 heavy (non-hydrogen) atoms. The summed E-state index contributed by atoms with van der Waals surface area (Å²) in [7, 11) is 1.72. The Hall–Kier alpha value is -0.370. The van der Waals surface area contributed by atoms with Gasteiger partial charge < -0.3 is 4.74 Å². The van der Waals surface area contributed by atoms with E-state index in [-0.39, 0.29) is 0 Å². The summed E-state index contributed by atoms with van der Waals surface area (Å²) in [5, 5.41) is 0. The average molecular weight is 282 g/mol. The predicted molar refractivity (Wildman–Crippen MR) is 85.0 cm³/mol. The van der Waals surface area contributed by atoms with E-state index in [4.69, 9.17) is 4.74 Å². The number of Topliss-reactive ketones (excluding diaryl/α,β-unsaturated/α-hetero) is 1. The molecule has 0 atom stereocenters. The molecule has 118 valence electrons. The van der Waals surface area contributed by atoms with Gasteiger partial charge in [0.05, 0.1) is 0 Å². The van der Waals surface area contributed by atoms with Crippen LogP contribution in [0.1, 0.15) is 90.9 Å². The molecule has 1 aliphatic carbocycles. The number of hydrogen-bond donors (Lipinski definition) is 0. The van der Waals surface area contributed by atoms with Crippen LogP contribution >= 0.6 is 0 Å². The number of methoxy groups -OCH3 is 1. The van der Waals surface area contributed by atoms with Gasteiger partial charge in [-0.15, -0.1) is 0 Å². The van der Waals surface area contributed by atoms with Crippen LogP contribution in [-0.4, -0.2) is 18.5 Å². The Bertz CT molecular complexity index is 265. The molecule has 1 fully saturated rings. The van der Waals surface area contributed by atoms with Gasteiger partial charge in [-0.3, -0.25) is 4.79 Å². The summed E-state index contributed by atoms with van der Waals surface area (Å²) in [6.07, 6.45) is 13.7. The smallest absolute Gasteiger partial charge is 0.164 e. The molecule has 0 N–H and O–H groups in total. The first kappa shape index (κ1) is 17.7. The maximum absolute atomic E-state index is 12.5. The summed E-state index contributed by atoms with van der Waals surface area (Å²) in [6.45, 7) is 4.52. The zero-order valence-electron chi connectivity index (χ0n) is 13.9. The molecule has 2 heteroatoms. The maximum Gasteiger partial charge on any atom is 0.164 e. The molecular formula is C18H34O2. The fourth-order valence-corrected chi connectivity index (χ4v) is 3.30. The third-order valence-electron chi connectivity index (χ3n) is 4.99. The quantitative estimate of drug-likeness (QED) is 0.509. The number of hydrogen-bond acceptors (Lipinski definition) is 2. The van der Waals surface area contributed by atoms with Gasteiger partial charge in [0, 0.05) is 13.5 Å². The van der Waals surface area contributed by atoms with E-state index >= 15 is 0 Å². The van der Waals surface area contributed by atoms with Crippen molar-refractivity contribution in [3.63, 3.8) is 0 Å². The van der Waals surface area contributed by atoms with Gasteiger partial charge in [-0.05, 0) is 38.0 Å². The van der Waals surface area contributed by atoms with E-state index in [0.29, 0.717) is 5.78 Å². The van der Waals surface area contributed by atoms with Gasteiger partial charge in [-0.25, -0.2) is 0 Å². The highest BCUT2D eigenvalue weighted by Gasteiger charge is 2.40. The predicted octanol–water partition coefficient (Wildman–Crippen LogP) is 5.29. The molecule has 0 amide bonds. The van der Waals surface area contributed by atoms with E-state index in [2.05, 4.69) is 13.8 Å². The highest BCUT2D eigenvalue weighted by Crippen LogP contribution is 2.36. The molecule has 1 rings (SSSR count). The topological polar surface area (TPSA) is 26.3 Å². The molecule has 0 saturated heterocycles. The fourth-order valence-electron chi connectivity index (χ4n) is 3.30. The van der Waals surface area contributed by atoms with Crippen molar-refractivity contribution in [3.05, 3.63) is 0 Å². The van der Waals surface area contributed by atoms with Gasteiger partial charge in [-0.1, -0.05) is 52.4 Å². The van der Waals surface area contributed by atoms with Crippen molar-refractivity contribution in [2.75, 3.05) is 7.11 Å². The fraction of sp³-hybridized carbons (Fsp3) is 0.944. The summed E-state index contributed by atoms with van der Waals surface area (Å²) in [5.74, 6) is 1.12. The molecule has 1 aliphatic rings. The van der Waals surface area contributed by atoms with Gasteiger partial charge in [0.15, 0.2) is 5.78 Å². The summed E-state index contributed by atoms with van der Waals surface area (Å²) in [4.78, 5) is 12.5. The Balaban J connectivity index is 2.20. The lowest BCUT2D eigenvalue weighted by Gasteiger charge is -2.37. The molecule has 0 aliphatic heterocycles. The number of carbonyl (C=O) groups is 1. The van der Waals surface area contributed by atoms with Crippen LogP contribution in [0.4, 0.5) is 0 Å². The second kappa shape index (κ2) is 9.55. The van der Waals surface area contributed by atoms with Gasteiger partial charge in [0.25, 0.3) is 0 Å². The summed E-state index contributed by atoms with van der Waals surface area (Å²) in [6, 6.07) is 0. The molecule has 0 bridgehead atoms. The SMILES string of the molecule is CCCCCCCCCC(=O)C1(OC)CCC(C)CC1. The first-order valence-electron chi connectivity index (χ1n) is 8.73. The van der Waals surface area contributed by atoms with Gasteiger partial charge in [-0.2, -0.15) is 0 Å². The monoisotopic (exact) mass is 282 g/mol. The zero-order chi connectivity index (χ0) is 14.8. The summed E-state index contributed by atoms with van der Waals surface area (Å²) < 4.78 is 5.65. The molecule has 0 heterocycles. The van der Waals surface area contributed by atoms with Crippen molar-refractivity contribution in [3.8, 4) is 0 Å². The number of ketones is 1. The van der Waals surface area contributed by atoms with E-state index in [1.807, 2.05) is 0 Å². The highest BCUT2D eigenvalue weighted by atomic mass is 16.5. The summed E-state index contributed by atoms with van der Waals surface area (Å²) in [5.41, 5.74) is -0.436. The van der Waals surface area contributed by atoms with Crippen LogP contribution in [0.5, 0.6) is 0 Å². The van der Waals surface area contributed by atoms with Gasteiger partial charge in [0.2, 0.25) is 0 Å². The van der Waals surface area contributed by atoms with E-state index in [0.717, 1.165) is 44.4 Å². The third-order valence-corrected chi connectivity index (χ3v) is 4.99. The second-order valence-electron chi connectivity index (χ2n) is 6.68. The minimum Gasteiger partial charge on any atom is -0.370 e. The summed E-state index contributed by atoms with van der Waals surface area (Å²) >= 11 is 0. The van der Waals surface area contributed by atoms with Crippen molar-refractivity contribution in [2.24, 2.45) is 5.92 Å². The van der Waals surface area contributed by atoms with E-state index < -0.39 is 5.60 Å². The Labute approximate surface area is 125 Å². The first-order chi connectivity index (χ1) is 9.64. The first-order valence-corrected chi connectivity index (χ1v) is 8.73. The van der Waals surface area contributed by atoms with Crippen molar-refractivity contribution in [1.82, 2.24) is 0 Å². The molecule has 0 aromatic heterocycles. The number of ether oxygens (including phenoxy) is 1. The molecule has 0 aromatic rings. The number of unbranched alkanes of at least 4 members (excludes halogenated alkanes) is 6. The van der Waals surface area contributed by atoms with Crippen LogP contribution in [0.2, 0.25) is 0 Å². The van der Waals surface area contributed by atoms with Crippen molar-refractivity contribution in [2.45, 2.75) is 96.5 Å². The highest BCUT2D eigenvalue weighted by molar-refractivity contribution is 5.87. The molecule has 0 spiro atoms. The normalized spacial score (nSPS) is 26.6. The van der Waals surface area contributed by atoms with Gasteiger partial charge in [0.1, 0.15) is 5.60 Å². The molecule has 0 unspecified atom stereocenters. The molecule has 0 radical (unpaired) electrons. The molecular weight excluding hydrogens is 248 g/mol. The number of carbonyl (C=O) groups excluding carboxylic acids is 1. The largest absolute Gasteiger partial charge is 0.370 e. The zero-order valence-corrected chi connectivity index (χ0v) is 13.9. The minimum atomic E-state index is -0.436. The van der Waals surface area contributed by atoms with Crippen LogP contribution in [-0.2, 0) is 9.53 Å². The van der Waals surface area contributed by atoms with Gasteiger partial charge >= 0.3 is 0 Å². The standard InChI is InChI=1S/C18H34O2/c1-4-5-6-7-8-9-10-11-17(19)18(20-3)14-12-16(2)13-15-18/h16H,4-15H2,1-3H3. The lowest BCUT2D eigenvalue weighted by molar-refractivity contribution is -0.146. The van der Waals surface area contributed by atoms with Crippen LogP contribution in [0.25, 0.3) is 0 Å². The molecule has 1 saturated carbocycles. The number of rotatable bonds is 10. The lowest BCUT2D eigenvalue weighted by atomic mass is 9.76. The third kappa shape index (κ3) is 5.55. The van der Waals surface area contributed by atoms with Crippen LogP contribution in [0.3, 0.4) is 0 Å². The second-order valence-corrected chi connectivity index (χ2v) is 6.68. The molecule has 0 aromatic carbocycles. The average Bonchev–Trinajstić information content (AvgIpc) is 2.47. The minimum absolute atomic E-state index is 0.362. The molecule has 2 nitrogen and oxygen atoms in total. The van der Waals surface area contributed by atoms with Crippen molar-refractivity contribution >= 4 is 5.78 Å². The maximum atomic E-state index is 12.5.